The largest absolute Gasteiger partial charge is 0.480 e. The van der Waals surface area contributed by atoms with Gasteiger partial charge in [0.15, 0.2) is 0 Å². The smallest absolute Gasteiger partial charge is 0.320 e. The van der Waals surface area contributed by atoms with E-state index in [0.717, 1.165) is 11.3 Å². The van der Waals surface area contributed by atoms with Gasteiger partial charge < -0.3 is 21.5 Å². The molecule has 2 rings (SSSR count). The lowest BCUT2D eigenvalue weighted by Crippen LogP contribution is -2.36. The van der Waals surface area contributed by atoms with E-state index in [0.29, 0.717) is 18.7 Å². The quantitative estimate of drug-likeness (QED) is 0.648. The number of nitrogens with two attached hydrogens (primary N) is 2. The highest BCUT2D eigenvalue weighted by Crippen LogP contribution is 2.30. The van der Waals surface area contributed by atoms with Crippen molar-refractivity contribution >= 4 is 23.3 Å². The molecule has 0 saturated heterocycles. The molecule has 6 nitrogen and oxygen atoms in total. The van der Waals surface area contributed by atoms with Gasteiger partial charge in [-0.25, -0.2) is 0 Å². The van der Waals surface area contributed by atoms with E-state index in [9.17, 15) is 9.59 Å². The molecule has 1 atom stereocenters. The van der Waals surface area contributed by atoms with E-state index in [1.165, 1.54) is 0 Å². The molecule has 0 fully saturated rings. The van der Waals surface area contributed by atoms with E-state index >= 15 is 0 Å². The van der Waals surface area contributed by atoms with Crippen molar-refractivity contribution in [1.29, 1.82) is 0 Å². The van der Waals surface area contributed by atoms with Gasteiger partial charge in [-0.3, -0.25) is 9.59 Å². The lowest BCUT2D eigenvalue weighted by Gasteiger charge is -2.18. The first-order valence-corrected chi connectivity index (χ1v) is 5.66. The fourth-order valence-electron chi connectivity index (χ4n) is 2.04. The van der Waals surface area contributed by atoms with E-state index in [1.807, 2.05) is 0 Å². The normalized spacial score (nSPS) is 15.6. The van der Waals surface area contributed by atoms with Gasteiger partial charge in [-0.05, 0) is 30.2 Å². The number of carboxylic acids is 1. The van der Waals surface area contributed by atoms with Gasteiger partial charge in [-0.15, -0.1) is 0 Å². The lowest BCUT2D eigenvalue weighted by atomic mass is 10.1. The number of benzene rings is 1. The fraction of sp³-hybridized carbons (Fsp3) is 0.333. The Hall–Kier alpha value is -2.08. The number of hydrogen-bond acceptors (Lipinski definition) is 4. The summed E-state index contributed by atoms with van der Waals surface area (Å²) in [6.07, 6.45) is 0.535. The van der Waals surface area contributed by atoms with Crippen LogP contribution in [0, 0.1) is 0 Å². The van der Waals surface area contributed by atoms with E-state index in [-0.39, 0.29) is 12.3 Å². The number of carbonyl (C=O) groups is 2. The number of carboxylic acid groups (broad SMARTS) is 1. The van der Waals surface area contributed by atoms with Crippen molar-refractivity contribution in [2.75, 3.05) is 17.2 Å². The topological polar surface area (TPSA) is 110 Å². The van der Waals surface area contributed by atoms with Crippen LogP contribution in [0.1, 0.15) is 12.0 Å². The summed E-state index contributed by atoms with van der Waals surface area (Å²) in [5.41, 5.74) is 13.4. The second-order valence-electron chi connectivity index (χ2n) is 4.34. The van der Waals surface area contributed by atoms with Gasteiger partial charge in [0.05, 0.1) is 6.42 Å². The summed E-state index contributed by atoms with van der Waals surface area (Å²) < 4.78 is 0. The van der Waals surface area contributed by atoms with E-state index in [1.54, 1.807) is 23.1 Å². The van der Waals surface area contributed by atoms with Crippen molar-refractivity contribution in [2.45, 2.75) is 18.9 Å². The fourth-order valence-corrected chi connectivity index (χ4v) is 2.04. The Bertz CT molecular complexity index is 501. The highest BCUT2D eigenvalue weighted by molar-refractivity contribution is 6.01. The Morgan fingerprint density at radius 2 is 2.22 bits per heavy atom. The Morgan fingerprint density at radius 1 is 1.50 bits per heavy atom. The molecule has 0 aromatic heterocycles. The van der Waals surface area contributed by atoms with Crippen molar-refractivity contribution in [3.8, 4) is 0 Å². The van der Waals surface area contributed by atoms with Crippen molar-refractivity contribution in [2.24, 2.45) is 5.73 Å². The average molecular weight is 249 g/mol. The van der Waals surface area contributed by atoms with Crippen LogP contribution >= 0.6 is 0 Å². The highest BCUT2D eigenvalue weighted by atomic mass is 16.4. The highest BCUT2D eigenvalue weighted by Gasteiger charge is 2.27. The summed E-state index contributed by atoms with van der Waals surface area (Å²) in [6.45, 7) is 0.309. The second kappa shape index (κ2) is 4.66. The number of nitrogen functional groups attached to an aromatic ring is 1. The van der Waals surface area contributed by atoms with Gasteiger partial charge in [-0.1, -0.05) is 0 Å². The monoisotopic (exact) mass is 249 g/mol. The van der Waals surface area contributed by atoms with Gasteiger partial charge in [0.1, 0.15) is 6.04 Å². The zero-order valence-electron chi connectivity index (χ0n) is 9.80. The Kier molecular flexibility index (Phi) is 3.20. The number of aliphatic carboxylic acids is 1. The van der Waals surface area contributed by atoms with Crippen molar-refractivity contribution < 1.29 is 14.7 Å². The molecule has 0 bridgehead atoms. The van der Waals surface area contributed by atoms with Gasteiger partial charge in [0, 0.05) is 17.9 Å². The number of rotatable bonds is 4. The number of anilines is 2. The van der Waals surface area contributed by atoms with Crippen molar-refractivity contribution in [1.82, 2.24) is 0 Å². The van der Waals surface area contributed by atoms with Crippen LogP contribution in [0.4, 0.5) is 11.4 Å². The molecule has 18 heavy (non-hydrogen) atoms. The number of fused-ring (bicyclic) bond motifs is 1. The first kappa shape index (κ1) is 12.4. The first-order valence-electron chi connectivity index (χ1n) is 5.66. The van der Waals surface area contributed by atoms with Gasteiger partial charge in [0.2, 0.25) is 5.91 Å². The predicted molar refractivity (Wildman–Crippen MR) is 67.1 cm³/mol. The molecule has 6 heteroatoms. The molecular weight excluding hydrogens is 234 g/mol. The van der Waals surface area contributed by atoms with E-state index < -0.39 is 12.0 Å². The molecule has 1 aliphatic rings. The van der Waals surface area contributed by atoms with Gasteiger partial charge in [0.25, 0.3) is 0 Å². The first-order chi connectivity index (χ1) is 8.49. The lowest BCUT2D eigenvalue weighted by molar-refractivity contribution is -0.138. The second-order valence-corrected chi connectivity index (χ2v) is 4.34. The third-order valence-corrected chi connectivity index (χ3v) is 3.02. The molecule has 0 radical (unpaired) electrons. The Morgan fingerprint density at radius 3 is 2.89 bits per heavy atom. The summed E-state index contributed by atoms with van der Waals surface area (Å²) in [6, 6.07) is 4.32. The van der Waals surface area contributed by atoms with Crippen molar-refractivity contribution in [3.05, 3.63) is 23.8 Å². The molecule has 96 valence electrons. The standard InChI is InChI=1S/C12H15N3O3/c13-8-1-2-10-7(5-8)6-11(16)15(10)4-3-9(14)12(17)18/h1-2,5,9H,3-4,6,13-14H2,(H,17,18). The maximum absolute atomic E-state index is 11.8. The molecule has 1 aromatic rings. The van der Waals surface area contributed by atoms with Gasteiger partial charge >= 0.3 is 5.97 Å². The predicted octanol–water partition coefficient (Wildman–Crippen LogP) is -0.0401. The summed E-state index contributed by atoms with van der Waals surface area (Å²) in [4.78, 5) is 24.0. The van der Waals surface area contributed by atoms with Crippen LogP contribution in [0.15, 0.2) is 18.2 Å². The maximum Gasteiger partial charge on any atom is 0.320 e. The van der Waals surface area contributed by atoms with Gasteiger partial charge in [-0.2, -0.15) is 0 Å². The van der Waals surface area contributed by atoms with Crippen LogP contribution in [0.2, 0.25) is 0 Å². The molecule has 0 aliphatic carbocycles. The third-order valence-electron chi connectivity index (χ3n) is 3.02. The number of nitrogens with zero attached hydrogens (tertiary/aromatic N) is 1. The zero-order valence-corrected chi connectivity index (χ0v) is 9.80. The van der Waals surface area contributed by atoms with E-state index in [2.05, 4.69) is 0 Å². The Balaban J connectivity index is 2.11. The molecule has 1 aromatic carbocycles. The molecule has 0 saturated carbocycles. The number of hydrogen-bond donors (Lipinski definition) is 3. The summed E-state index contributed by atoms with van der Waals surface area (Å²) in [5.74, 6) is -1.10. The number of carbonyl (C=O) groups excluding carboxylic acids is 1. The van der Waals surface area contributed by atoms with Crippen LogP contribution in [0.3, 0.4) is 0 Å². The SMILES string of the molecule is Nc1ccc2c(c1)CC(=O)N2CCC(N)C(=O)O. The van der Waals surface area contributed by atoms with Crippen LogP contribution in [0.25, 0.3) is 0 Å². The molecule has 1 unspecified atom stereocenters. The van der Waals surface area contributed by atoms with Crippen molar-refractivity contribution in [3.63, 3.8) is 0 Å². The third kappa shape index (κ3) is 2.28. The summed E-state index contributed by atoms with van der Waals surface area (Å²) in [7, 11) is 0. The average Bonchev–Trinajstić information content (AvgIpc) is 2.60. The van der Waals surface area contributed by atoms with Crippen LogP contribution < -0.4 is 16.4 Å². The molecular formula is C12H15N3O3. The minimum Gasteiger partial charge on any atom is -0.480 e. The molecule has 1 aliphatic heterocycles. The molecule has 1 heterocycles. The van der Waals surface area contributed by atoms with Crippen LogP contribution in [0.5, 0.6) is 0 Å². The minimum absolute atomic E-state index is 0.0480. The Labute approximate surface area is 104 Å². The molecule has 5 N–H and O–H groups in total. The maximum atomic E-state index is 11.8. The summed E-state index contributed by atoms with van der Waals surface area (Å²) >= 11 is 0. The van der Waals surface area contributed by atoms with E-state index in [4.69, 9.17) is 16.6 Å². The zero-order chi connectivity index (χ0) is 13.3. The summed E-state index contributed by atoms with van der Waals surface area (Å²) in [5, 5.41) is 8.71. The van der Waals surface area contributed by atoms with Crippen LogP contribution in [-0.4, -0.2) is 29.6 Å². The molecule has 1 amide bonds. The van der Waals surface area contributed by atoms with Crippen LogP contribution in [-0.2, 0) is 16.0 Å². The molecule has 0 spiro atoms. The number of amides is 1. The minimum atomic E-state index is -1.06.